The lowest BCUT2D eigenvalue weighted by molar-refractivity contribution is 0.281. The van der Waals surface area contributed by atoms with Crippen molar-refractivity contribution in [2.75, 3.05) is 0 Å². The lowest BCUT2D eigenvalue weighted by Gasteiger charge is -2.02. The van der Waals surface area contributed by atoms with Crippen LogP contribution >= 0.6 is 0 Å². The van der Waals surface area contributed by atoms with E-state index in [1.807, 2.05) is 31.3 Å². The molecule has 1 aromatic carbocycles. The van der Waals surface area contributed by atoms with E-state index in [-0.39, 0.29) is 6.61 Å². The van der Waals surface area contributed by atoms with Gasteiger partial charge in [0.25, 0.3) is 0 Å². The van der Waals surface area contributed by atoms with E-state index in [4.69, 9.17) is 5.11 Å². The first-order valence-electron chi connectivity index (χ1n) is 3.99. The van der Waals surface area contributed by atoms with E-state index in [9.17, 15) is 0 Å². The number of aromatic amines is 1. The summed E-state index contributed by atoms with van der Waals surface area (Å²) in [5.41, 5.74) is 3.29. The SMILES string of the molecule is Cc1c(CO)ccc2[nH]ccc12. The Labute approximate surface area is 70.8 Å². The highest BCUT2D eigenvalue weighted by Crippen LogP contribution is 2.20. The summed E-state index contributed by atoms with van der Waals surface area (Å²) in [7, 11) is 0. The van der Waals surface area contributed by atoms with Crippen molar-refractivity contribution < 1.29 is 5.11 Å². The number of fused-ring (bicyclic) bond motifs is 1. The van der Waals surface area contributed by atoms with Crippen molar-refractivity contribution in [3.63, 3.8) is 0 Å². The molecule has 0 aliphatic rings. The van der Waals surface area contributed by atoms with Gasteiger partial charge in [0.2, 0.25) is 0 Å². The molecular formula is C10H11NO. The number of benzene rings is 1. The van der Waals surface area contributed by atoms with Crippen LogP contribution in [0.25, 0.3) is 10.9 Å². The second-order valence-corrected chi connectivity index (χ2v) is 2.95. The Bertz CT molecular complexity index is 403. The maximum Gasteiger partial charge on any atom is 0.0684 e. The van der Waals surface area contributed by atoms with Crippen LogP contribution in [0.5, 0.6) is 0 Å². The zero-order valence-corrected chi connectivity index (χ0v) is 6.96. The summed E-state index contributed by atoms with van der Waals surface area (Å²) >= 11 is 0. The maximum absolute atomic E-state index is 9.01. The van der Waals surface area contributed by atoms with Crippen LogP contribution in [-0.2, 0) is 6.61 Å². The Morgan fingerprint density at radius 1 is 1.33 bits per heavy atom. The number of aliphatic hydroxyl groups is 1. The fourth-order valence-corrected chi connectivity index (χ4v) is 1.50. The molecule has 0 aliphatic heterocycles. The monoisotopic (exact) mass is 161 g/mol. The molecule has 0 atom stereocenters. The van der Waals surface area contributed by atoms with Gasteiger partial charge in [0.05, 0.1) is 6.61 Å². The van der Waals surface area contributed by atoms with E-state index in [0.717, 1.165) is 16.6 Å². The van der Waals surface area contributed by atoms with Crippen LogP contribution in [0.1, 0.15) is 11.1 Å². The minimum absolute atomic E-state index is 0.118. The van der Waals surface area contributed by atoms with Crippen LogP contribution in [0.15, 0.2) is 24.4 Å². The topological polar surface area (TPSA) is 36.0 Å². The number of rotatable bonds is 1. The quantitative estimate of drug-likeness (QED) is 0.659. The van der Waals surface area contributed by atoms with Crippen molar-refractivity contribution in [2.24, 2.45) is 0 Å². The van der Waals surface area contributed by atoms with Crippen LogP contribution in [-0.4, -0.2) is 10.1 Å². The van der Waals surface area contributed by atoms with Crippen LogP contribution in [0.3, 0.4) is 0 Å². The number of H-pyrrole nitrogens is 1. The third kappa shape index (κ3) is 0.924. The molecule has 2 nitrogen and oxygen atoms in total. The van der Waals surface area contributed by atoms with Gasteiger partial charge in [-0.25, -0.2) is 0 Å². The van der Waals surface area contributed by atoms with E-state index in [2.05, 4.69) is 4.98 Å². The van der Waals surface area contributed by atoms with Gasteiger partial charge in [-0.15, -0.1) is 0 Å². The minimum Gasteiger partial charge on any atom is -0.392 e. The van der Waals surface area contributed by atoms with Gasteiger partial charge in [-0.3, -0.25) is 0 Å². The Morgan fingerprint density at radius 2 is 2.17 bits per heavy atom. The molecule has 62 valence electrons. The average molecular weight is 161 g/mol. The second kappa shape index (κ2) is 2.64. The smallest absolute Gasteiger partial charge is 0.0684 e. The van der Waals surface area contributed by atoms with Crippen molar-refractivity contribution >= 4 is 10.9 Å². The zero-order chi connectivity index (χ0) is 8.55. The molecule has 2 N–H and O–H groups in total. The highest BCUT2D eigenvalue weighted by atomic mass is 16.3. The van der Waals surface area contributed by atoms with E-state index in [1.165, 1.54) is 5.39 Å². The predicted molar refractivity (Wildman–Crippen MR) is 49.0 cm³/mol. The molecule has 0 bridgehead atoms. The van der Waals surface area contributed by atoms with E-state index < -0.39 is 0 Å². The number of hydrogen-bond acceptors (Lipinski definition) is 1. The van der Waals surface area contributed by atoms with Crippen LogP contribution < -0.4 is 0 Å². The van der Waals surface area contributed by atoms with Gasteiger partial charge in [0, 0.05) is 17.1 Å². The molecule has 0 spiro atoms. The predicted octanol–water partition coefficient (Wildman–Crippen LogP) is 1.97. The van der Waals surface area contributed by atoms with Gasteiger partial charge < -0.3 is 10.1 Å². The Kier molecular flexibility index (Phi) is 1.62. The number of aryl methyl sites for hydroxylation is 1. The number of hydrogen-bond donors (Lipinski definition) is 2. The van der Waals surface area contributed by atoms with Crippen molar-refractivity contribution in [3.05, 3.63) is 35.5 Å². The first kappa shape index (κ1) is 7.37. The lowest BCUT2D eigenvalue weighted by Crippen LogP contribution is -1.87. The first-order valence-corrected chi connectivity index (χ1v) is 3.99. The molecule has 1 aromatic heterocycles. The molecule has 0 saturated carbocycles. The molecule has 0 fully saturated rings. The molecular weight excluding hydrogens is 150 g/mol. The number of aliphatic hydroxyl groups excluding tert-OH is 1. The summed E-state index contributed by atoms with van der Waals surface area (Å²) in [5, 5.41) is 10.2. The molecule has 2 heteroatoms. The third-order valence-corrected chi connectivity index (χ3v) is 2.29. The van der Waals surface area contributed by atoms with E-state index >= 15 is 0 Å². The van der Waals surface area contributed by atoms with Crippen molar-refractivity contribution in [1.29, 1.82) is 0 Å². The fourth-order valence-electron chi connectivity index (χ4n) is 1.50. The molecule has 2 aromatic rings. The van der Waals surface area contributed by atoms with Crippen LogP contribution in [0.4, 0.5) is 0 Å². The van der Waals surface area contributed by atoms with Crippen LogP contribution in [0, 0.1) is 6.92 Å². The summed E-state index contributed by atoms with van der Waals surface area (Å²) in [5.74, 6) is 0. The maximum atomic E-state index is 9.01. The average Bonchev–Trinajstić information content (AvgIpc) is 2.53. The van der Waals surface area contributed by atoms with E-state index in [0.29, 0.717) is 0 Å². The molecule has 0 radical (unpaired) electrons. The molecule has 2 rings (SSSR count). The largest absolute Gasteiger partial charge is 0.392 e. The minimum atomic E-state index is 0.118. The number of nitrogens with one attached hydrogen (secondary N) is 1. The molecule has 0 saturated heterocycles. The summed E-state index contributed by atoms with van der Waals surface area (Å²) < 4.78 is 0. The van der Waals surface area contributed by atoms with Gasteiger partial charge in [-0.05, 0) is 30.2 Å². The summed E-state index contributed by atoms with van der Waals surface area (Å²) in [6.45, 7) is 2.15. The van der Waals surface area contributed by atoms with E-state index in [1.54, 1.807) is 0 Å². The van der Waals surface area contributed by atoms with Crippen molar-refractivity contribution in [3.8, 4) is 0 Å². The van der Waals surface area contributed by atoms with Gasteiger partial charge >= 0.3 is 0 Å². The Balaban J connectivity index is 2.78. The fraction of sp³-hybridized carbons (Fsp3) is 0.200. The highest BCUT2D eigenvalue weighted by molar-refractivity contribution is 5.83. The Morgan fingerprint density at radius 3 is 2.92 bits per heavy atom. The van der Waals surface area contributed by atoms with Crippen molar-refractivity contribution in [1.82, 2.24) is 4.98 Å². The number of aromatic nitrogens is 1. The summed E-state index contributed by atoms with van der Waals surface area (Å²) in [6, 6.07) is 5.98. The zero-order valence-electron chi connectivity index (χ0n) is 6.96. The van der Waals surface area contributed by atoms with Gasteiger partial charge in [-0.1, -0.05) is 6.07 Å². The molecule has 12 heavy (non-hydrogen) atoms. The lowest BCUT2D eigenvalue weighted by atomic mass is 10.1. The normalized spacial score (nSPS) is 10.8. The second-order valence-electron chi connectivity index (χ2n) is 2.95. The summed E-state index contributed by atoms with van der Waals surface area (Å²) in [6.07, 6.45) is 1.92. The van der Waals surface area contributed by atoms with Crippen molar-refractivity contribution in [2.45, 2.75) is 13.5 Å². The molecule has 0 unspecified atom stereocenters. The standard InChI is InChI=1S/C10H11NO/c1-7-8(6-12)2-3-10-9(7)4-5-11-10/h2-5,11-12H,6H2,1H3. The van der Waals surface area contributed by atoms with Gasteiger partial charge in [0.1, 0.15) is 0 Å². The van der Waals surface area contributed by atoms with Gasteiger partial charge in [-0.2, -0.15) is 0 Å². The summed E-state index contributed by atoms with van der Waals surface area (Å²) in [4.78, 5) is 3.13. The highest BCUT2D eigenvalue weighted by Gasteiger charge is 2.01. The van der Waals surface area contributed by atoms with Gasteiger partial charge in [0.15, 0.2) is 0 Å². The third-order valence-electron chi connectivity index (χ3n) is 2.29. The molecule has 1 heterocycles. The van der Waals surface area contributed by atoms with Crippen LogP contribution in [0.2, 0.25) is 0 Å². The Hall–Kier alpha value is -1.28. The first-order chi connectivity index (χ1) is 5.83. The molecule has 0 amide bonds. The molecule has 0 aliphatic carbocycles.